The van der Waals surface area contributed by atoms with Crippen molar-refractivity contribution in [3.8, 4) is 5.75 Å². The van der Waals surface area contributed by atoms with Crippen LogP contribution < -0.4 is 10.6 Å². The van der Waals surface area contributed by atoms with Crippen molar-refractivity contribution in [1.82, 2.24) is 0 Å². The number of aromatic hydroxyl groups is 1. The average Bonchev–Trinajstić information content (AvgIpc) is 2.48. The third-order valence-corrected chi connectivity index (χ3v) is 2.92. The van der Waals surface area contributed by atoms with Crippen molar-refractivity contribution in [3.63, 3.8) is 0 Å². The summed E-state index contributed by atoms with van der Waals surface area (Å²) in [6.45, 7) is 0.565. The molecule has 0 heterocycles. The van der Waals surface area contributed by atoms with E-state index in [1.54, 1.807) is 24.3 Å². The molecule has 5 heteroatoms. The minimum absolute atomic E-state index is 0.0350. The highest BCUT2D eigenvalue weighted by atomic mass is 16.5. The second-order valence-electron chi connectivity index (χ2n) is 4.54. The van der Waals surface area contributed by atoms with E-state index in [1.165, 1.54) is 7.11 Å². The molecule has 0 bridgehead atoms. The Hall–Kier alpha value is -2.53. The standard InChI is InChI=1S/C16H18N2O3/c1-21-11-16(20)18-14-8-6-13(7-9-14)17-10-12-4-2-3-5-15(12)19/h2-9,17,19H,10-11H2,1H3,(H,18,20). The fourth-order valence-corrected chi connectivity index (χ4v) is 1.86. The molecule has 0 unspecified atom stereocenters. The molecule has 0 fully saturated rings. The Labute approximate surface area is 123 Å². The number of amides is 1. The second-order valence-corrected chi connectivity index (χ2v) is 4.54. The number of benzene rings is 2. The lowest BCUT2D eigenvalue weighted by Gasteiger charge is -2.09. The van der Waals surface area contributed by atoms with Gasteiger partial charge in [-0.3, -0.25) is 4.79 Å². The highest BCUT2D eigenvalue weighted by molar-refractivity contribution is 5.91. The summed E-state index contributed by atoms with van der Waals surface area (Å²) in [4.78, 5) is 11.4. The fraction of sp³-hybridized carbons (Fsp3) is 0.188. The molecule has 0 spiro atoms. The lowest BCUT2D eigenvalue weighted by molar-refractivity contribution is -0.119. The highest BCUT2D eigenvalue weighted by Gasteiger charge is 2.02. The quantitative estimate of drug-likeness (QED) is 0.763. The zero-order valence-corrected chi connectivity index (χ0v) is 11.8. The molecule has 0 aliphatic carbocycles. The SMILES string of the molecule is COCC(=O)Nc1ccc(NCc2ccccc2O)cc1. The Kier molecular flexibility index (Phi) is 5.17. The van der Waals surface area contributed by atoms with E-state index in [-0.39, 0.29) is 18.3 Å². The van der Waals surface area contributed by atoms with E-state index >= 15 is 0 Å². The number of phenols is 1. The number of rotatable bonds is 6. The first kappa shape index (κ1) is 14.9. The fourth-order valence-electron chi connectivity index (χ4n) is 1.86. The van der Waals surface area contributed by atoms with E-state index in [0.29, 0.717) is 12.2 Å². The van der Waals surface area contributed by atoms with Gasteiger partial charge >= 0.3 is 0 Å². The molecular weight excluding hydrogens is 268 g/mol. The number of anilines is 2. The van der Waals surface area contributed by atoms with Crippen LogP contribution in [0.5, 0.6) is 5.75 Å². The van der Waals surface area contributed by atoms with E-state index in [0.717, 1.165) is 11.3 Å². The van der Waals surface area contributed by atoms with Gasteiger partial charge in [0.2, 0.25) is 5.91 Å². The predicted molar refractivity (Wildman–Crippen MR) is 82.4 cm³/mol. The van der Waals surface area contributed by atoms with E-state index in [9.17, 15) is 9.90 Å². The maximum absolute atomic E-state index is 11.4. The van der Waals surface area contributed by atoms with Crippen molar-refractivity contribution in [2.75, 3.05) is 24.4 Å². The molecule has 0 saturated heterocycles. The van der Waals surface area contributed by atoms with Crippen LogP contribution in [0.4, 0.5) is 11.4 Å². The molecular formula is C16H18N2O3. The second kappa shape index (κ2) is 7.31. The van der Waals surface area contributed by atoms with Gasteiger partial charge < -0.3 is 20.5 Å². The summed E-state index contributed by atoms with van der Waals surface area (Å²) in [5.74, 6) is 0.0841. The zero-order chi connectivity index (χ0) is 15.1. The van der Waals surface area contributed by atoms with Crippen LogP contribution in [-0.2, 0) is 16.1 Å². The first-order valence-electron chi connectivity index (χ1n) is 6.58. The van der Waals surface area contributed by atoms with Crippen molar-refractivity contribution < 1.29 is 14.6 Å². The summed E-state index contributed by atoms with van der Waals surface area (Å²) in [6.07, 6.45) is 0. The molecule has 110 valence electrons. The van der Waals surface area contributed by atoms with E-state index < -0.39 is 0 Å². The third-order valence-electron chi connectivity index (χ3n) is 2.92. The van der Waals surface area contributed by atoms with Crippen LogP contribution in [0.1, 0.15) is 5.56 Å². The van der Waals surface area contributed by atoms with Crippen LogP contribution in [0, 0.1) is 0 Å². The maximum atomic E-state index is 11.4. The lowest BCUT2D eigenvalue weighted by atomic mass is 10.2. The van der Waals surface area contributed by atoms with Gasteiger partial charge in [0, 0.05) is 30.6 Å². The molecule has 0 aromatic heterocycles. The Morgan fingerprint density at radius 2 is 1.76 bits per heavy atom. The van der Waals surface area contributed by atoms with Gasteiger partial charge in [0.05, 0.1) is 0 Å². The minimum atomic E-state index is -0.188. The molecule has 2 aromatic carbocycles. The van der Waals surface area contributed by atoms with Gasteiger partial charge in [0.15, 0.2) is 0 Å². The number of hydrogen-bond acceptors (Lipinski definition) is 4. The van der Waals surface area contributed by atoms with Crippen molar-refractivity contribution in [2.24, 2.45) is 0 Å². The number of methoxy groups -OCH3 is 1. The third kappa shape index (κ3) is 4.50. The summed E-state index contributed by atoms with van der Waals surface area (Å²) in [7, 11) is 1.48. The highest BCUT2D eigenvalue weighted by Crippen LogP contribution is 2.18. The number of carbonyl (C=O) groups is 1. The van der Waals surface area contributed by atoms with Gasteiger partial charge in [-0.25, -0.2) is 0 Å². The van der Waals surface area contributed by atoms with Crippen molar-refractivity contribution in [1.29, 1.82) is 0 Å². The van der Waals surface area contributed by atoms with E-state index in [2.05, 4.69) is 10.6 Å². The first-order valence-corrected chi connectivity index (χ1v) is 6.58. The number of phenolic OH excluding ortho intramolecular Hbond substituents is 1. The number of hydrogen-bond donors (Lipinski definition) is 3. The number of carbonyl (C=O) groups excluding carboxylic acids is 1. The van der Waals surface area contributed by atoms with Crippen LogP contribution in [0.3, 0.4) is 0 Å². The first-order chi connectivity index (χ1) is 10.2. The Morgan fingerprint density at radius 3 is 2.43 bits per heavy atom. The summed E-state index contributed by atoms with van der Waals surface area (Å²) in [5, 5.41) is 15.6. The summed E-state index contributed by atoms with van der Waals surface area (Å²) in [6, 6.07) is 14.5. The topological polar surface area (TPSA) is 70.6 Å². The summed E-state index contributed by atoms with van der Waals surface area (Å²) >= 11 is 0. The molecule has 21 heavy (non-hydrogen) atoms. The number of nitrogens with one attached hydrogen (secondary N) is 2. The summed E-state index contributed by atoms with van der Waals surface area (Å²) < 4.78 is 4.75. The molecule has 0 aliphatic heterocycles. The number of para-hydroxylation sites is 1. The Balaban J connectivity index is 1.91. The molecule has 5 nitrogen and oxygen atoms in total. The average molecular weight is 286 g/mol. The van der Waals surface area contributed by atoms with E-state index in [4.69, 9.17) is 4.74 Å². The van der Waals surface area contributed by atoms with Crippen LogP contribution in [-0.4, -0.2) is 24.7 Å². The van der Waals surface area contributed by atoms with Gasteiger partial charge in [-0.2, -0.15) is 0 Å². The molecule has 1 amide bonds. The van der Waals surface area contributed by atoms with E-state index in [1.807, 2.05) is 24.3 Å². The van der Waals surface area contributed by atoms with Gasteiger partial charge in [-0.05, 0) is 30.3 Å². The monoisotopic (exact) mass is 286 g/mol. The Bertz CT molecular complexity index is 597. The molecule has 0 aliphatic rings. The summed E-state index contributed by atoms with van der Waals surface area (Å²) in [5.41, 5.74) is 2.45. The Morgan fingerprint density at radius 1 is 1.10 bits per heavy atom. The zero-order valence-electron chi connectivity index (χ0n) is 11.8. The normalized spacial score (nSPS) is 10.1. The smallest absolute Gasteiger partial charge is 0.250 e. The van der Waals surface area contributed by atoms with Crippen LogP contribution in [0.25, 0.3) is 0 Å². The molecule has 0 atom stereocenters. The van der Waals surface area contributed by atoms with Crippen molar-refractivity contribution >= 4 is 17.3 Å². The molecule has 3 N–H and O–H groups in total. The van der Waals surface area contributed by atoms with Crippen molar-refractivity contribution in [3.05, 3.63) is 54.1 Å². The van der Waals surface area contributed by atoms with Crippen LogP contribution in [0.2, 0.25) is 0 Å². The van der Waals surface area contributed by atoms with Crippen LogP contribution in [0.15, 0.2) is 48.5 Å². The van der Waals surface area contributed by atoms with Gasteiger partial charge in [0.1, 0.15) is 12.4 Å². The largest absolute Gasteiger partial charge is 0.508 e. The molecule has 0 radical (unpaired) electrons. The van der Waals surface area contributed by atoms with Crippen LogP contribution >= 0.6 is 0 Å². The molecule has 2 aromatic rings. The molecule has 2 rings (SSSR count). The van der Waals surface area contributed by atoms with Crippen molar-refractivity contribution in [2.45, 2.75) is 6.54 Å². The van der Waals surface area contributed by atoms with Gasteiger partial charge in [-0.15, -0.1) is 0 Å². The lowest BCUT2D eigenvalue weighted by Crippen LogP contribution is -2.16. The molecule has 0 saturated carbocycles. The predicted octanol–water partition coefficient (Wildman–Crippen LogP) is 2.59. The minimum Gasteiger partial charge on any atom is -0.508 e. The number of ether oxygens (including phenoxy) is 1. The maximum Gasteiger partial charge on any atom is 0.250 e. The van der Waals surface area contributed by atoms with Gasteiger partial charge in [0.25, 0.3) is 0 Å². The van der Waals surface area contributed by atoms with Gasteiger partial charge in [-0.1, -0.05) is 18.2 Å².